The van der Waals surface area contributed by atoms with Gasteiger partial charge in [0.25, 0.3) is 11.6 Å². The molecule has 0 saturated carbocycles. The molecule has 2 rings (SSSR count). The number of carbonyl (C=O) groups is 2. The van der Waals surface area contributed by atoms with Gasteiger partial charge in [0.2, 0.25) is 0 Å². The highest BCUT2D eigenvalue weighted by Gasteiger charge is 2.23. The molecule has 0 saturated heterocycles. The maximum atomic E-state index is 12.4. The van der Waals surface area contributed by atoms with Crippen molar-refractivity contribution in [2.45, 2.75) is 19.4 Å². The quantitative estimate of drug-likeness (QED) is 0.623. The lowest BCUT2D eigenvalue weighted by molar-refractivity contribution is -0.385. The number of amides is 1. The fraction of sp³-hybridized carbons (Fsp3) is 0.200. The van der Waals surface area contributed by atoms with Crippen LogP contribution in [0, 0.1) is 17.0 Å². The van der Waals surface area contributed by atoms with Crippen LogP contribution in [0.3, 0.4) is 0 Å². The fourth-order valence-corrected chi connectivity index (χ4v) is 2.97. The lowest BCUT2D eigenvalue weighted by Crippen LogP contribution is -2.30. The number of rotatable bonds is 6. The van der Waals surface area contributed by atoms with E-state index in [1.54, 1.807) is 17.5 Å². The number of nitrogens with one attached hydrogen (secondary N) is 1. The van der Waals surface area contributed by atoms with E-state index in [4.69, 9.17) is 5.11 Å². The van der Waals surface area contributed by atoms with Gasteiger partial charge in [-0.1, -0.05) is 12.1 Å². The molecule has 2 N–H and O–H groups in total. The number of hydrogen-bond acceptors (Lipinski definition) is 5. The standard InChI is InChI=1S/C15H14N2O5S/c1-9-10(4-2-5-12(9)17(21)22)15(20)16-11(8-14(18)19)13-6-3-7-23-13/h2-7,11H,8H2,1H3,(H,16,20)(H,18,19)/t11-/m1/s1. The Bertz CT molecular complexity index is 742. The molecule has 0 spiro atoms. The molecule has 2 aromatic rings. The Morgan fingerprint density at radius 3 is 2.65 bits per heavy atom. The van der Waals surface area contributed by atoms with Crippen LogP contribution < -0.4 is 5.32 Å². The molecule has 8 heteroatoms. The van der Waals surface area contributed by atoms with Crippen LogP contribution in [0.25, 0.3) is 0 Å². The maximum absolute atomic E-state index is 12.4. The second-order valence-electron chi connectivity index (χ2n) is 4.85. The number of nitrogens with zero attached hydrogens (tertiary/aromatic N) is 1. The highest BCUT2D eigenvalue weighted by Crippen LogP contribution is 2.25. The second kappa shape index (κ2) is 7.01. The average molecular weight is 334 g/mol. The van der Waals surface area contributed by atoms with Crippen molar-refractivity contribution in [3.63, 3.8) is 0 Å². The Kier molecular flexibility index (Phi) is 5.07. The zero-order valence-corrected chi connectivity index (χ0v) is 13.0. The van der Waals surface area contributed by atoms with Gasteiger partial charge in [-0.05, 0) is 24.4 Å². The molecule has 0 bridgehead atoms. The Morgan fingerprint density at radius 2 is 2.09 bits per heavy atom. The second-order valence-corrected chi connectivity index (χ2v) is 5.83. The molecule has 23 heavy (non-hydrogen) atoms. The van der Waals surface area contributed by atoms with Crippen molar-refractivity contribution < 1.29 is 19.6 Å². The summed E-state index contributed by atoms with van der Waals surface area (Å²) in [4.78, 5) is 34.5. The van der Waals surface area contributed by atoms with E-state index in [-0.39, 0.29) is 23.2 Å². The first-order valence-corrected chi connectivity index (χ1v) is 7.58. The van der Waals surface area contributed by atoms with Crippen molar-refractivity contribution in [3.05, 3.63) is 61.8 Å². The first-order valence-electron chi connectivity index (χ1n) is 6.70. The van der Waals surface area contributed by atoms with Crippen molar-refractivity contribution >= 4 is 28.9 Å². The zero-order valence-electron chi connectivity index (χ0n) is 12.2. The summed E-state index contributed by atoms with van der Waals surface area (Å²) in [6, 6.07) is 7.04. The predicted octanol–water partition coefficient (Wildman–Crippen LogP) is 2.91. The number of carboxylic acid groups (broad SMARTS) is 1. The van der Waals surface area contributed by atoms with Gasteiger partial charge in [-0.25, -0.2) is 0 Å². The fourth-order valence-electron chi connectivity index (χ4n) is 2.19. The molecule has 1 amide bonds. The summed E-state index contributed by atoms with van der Waals surface area (Å²) < 4.78 is 0. The Hall–Kier alpha value is -2.74. The third-order valence-electron chi connectivity index (χ3n) is 3.32. The van der Waals surface area contributed by atoms with Crippen molar-refractivity contribution in [1.82, 2.24) is 5.32 Å². The summed E-state index contributed by atoms with van der Waals surface area (Å²) in [6.45, 7) is 1.49. The smallest absolute Gasteiger partial charge is 0.305 e. The van der Waals surface area contributed by atoms with E-state index < -0.39 is 22.8 Å². The van der Waals surface area contributed by atoms with Crippen molar-refractivity contribution in [1.29, 1.82) is 0 Å². The molecular weight excluding hydrogens is 320 g/mol. The van der Waals surface area contributed by atoms with Gasteiger partial charge in [-0.2, -0.15) is 0 Å². The summed E-state index contributed by atoms with van der Waals surface area (Å²) in [5, 5.41) is 24.4. The molecule has 0 radical (unpaired) electrons. The van der Waals surface area contributed by atoms with Gasteiger partial charge in [-0.3, -0.25) is 19.7 Å². The first-order chi connectivity index (χ1) is 10.9. The third-order valence-corrected chi connectivity index (χ3v) is 4.30. The summed E-state index contributed by atoms with van der Waals surface area (Å²) in [5.74, 6) is -1.58. The Morgan fingerprint density at radius 1 is 1.35 bits per heavy atom. The first kappa shape index (κ1) is 16.6. The lowest BCUT2D eigenvalue weighted by Gasteiger charge is -2.16. The Balaban J connectivity index is 2.27. The zero-order chi connectivity index (χ0) is 17.0. The van der Waals surface area contributed by atoms with Gasteiger partial charge >= 0.3 is 5.97 Å². The van der Waals surface area contributed by atoms with Crippen molar-refractivity contribution in [2.75, 3.05) is 0 Å². The van der Waals surface area contributed by atoms with E-state index in [1.165, 1.54) is 36.5 Å². The van der Waals surface area contributed by atoms with Crippen LogP contribution in [0.5, 0.6) is 0 Å². The minimum absolute atomic E-state index is 0.149. The van der Waals surface area contributed by atoms with Gasteiger partial charge in [0.15, 0.2) is 0 Å². The van der Waals surface area contributed by atoms with E-state index in [0.29, 0.717) is 4.88 Å². The largest absolute Gasteiger partial charge is 0.481 e. The highest BCUT2D eigenvalue weighted by atomic mass is 32.1. The molecule has 0 aliphatic heterocycles. The summed E-state index contributed by atoms with van der Waals surface area (Å²) >= 11 is 1.34. The van der Waals surface area contributed by atoms with Crippen LogP contribution in [0.4, 0.5) is 5.69 Å². The van der Waals surface area contributed by atoms with Crippen molar-refractivity contribution in [3.8, 4) is 0 Å². The predicted molar refractivity (Wildman–Crippen MR) is 84.6 cm³/mol. The summed E-state index contributed by atoms with van der Waals surface area (Å²) in [6.07, 6.45) is -0.264. The molecule has 120 valence electrons. The molecule has 1 atom stereocenters. The topological polar surface area (TPSA) is 110 Å². The van der Waals surface area contributed by atoms with Crippen LogP contribution in [0.15, 0.2) is 35.7 Å². The van der Waals surface area contributed by atoms with Gasteiger partial charge < -0.3 is 10.4 Å². The molecule has 7 nitrogen and oxygen atoms in total. The van der Waals surface area contributed by atoms with Crippen LogP contribution in [-0.2, 0) is 4.79 Å². The van der Waals surface area contributed by atoms with Gasteiger partial charge in [0, 0.05) is 22.1 Å². The molecule has 1 aromatic heterocycles. The molecule has 0 aliphatic rings. The summed E-state index contributed by atoms with van der Waals surface area (Å²) in [5.41, 5.74) is 0.255. The average Bonchev–Trinajstić information content (AvgIpc) is 3.00. The number of aliphatic carboxylic acids is 1. The minimum atomic E-state index is -1.04. The van der Waals surface area contributed by atoms with Crippen LogP contribution in [0.1, 0.15) is 33.3 Å². The van der Waals surface area contributed by atoms with E-state index >= 15 is 0 Å². The monoisotopic (exact) mass is 334 g/mol. The normalized spacial score (nSPS) is 11.7. The van der Waals surface area contributed by atoms with Gasteiger partial charge in [0.1, 0.15) is 0 Å². The number of benzene rings is 1. The number of hydrogen-bond donors (Lipinski definition) is 2. The molecule has 1 aromatic carbocycles. The SMILES string of the molecule is Cc1c(C(=O)N[C@H](CC(=O)O)c2cccs2)cccc1[N+](=O)[O-]. The Labute approximate surface area is 135 Å². The van der Waals surface area contributed by atoms with Gasteiger partial charge in [-0.15, -0.1) is 11.3 Å². The number of nitro groups is 1. The minimum Gasteiger partial charge on any atom is -0.481 e. The molecule has 0 aliphatic carbocycles. The van der Waals surface area contributed by atoms with Gasteiger partial charge in [0.05, 0.1) is 17.4 Å². The molecule has 0 fully saturated rings. The third kappa shape index (κ3) is 3.92. The van der Waals surface area contributed by atoms with E-state index in [1.807, 2.05) is 0 Å². The number of carbonyl (C=O) groups excluding carboxylic acids is 1. The van der Waals surface area contributed by atoms with Crippen LogP contribution in [0.2, 0.25) is 0 Å². The van der Waals surface area contributed by atoms with E-state index in [9.17, 15) is 19.7 Å². The van der Waals surface area contributed by atoms with E-state index in [2.05, 4.69) is 5.32 Å². The summed E-state index contributed by atoms with van der Waals surface area (Å²) in [7, 11) is 0. The maximum Gasteiger partial charge on any atom is 0.305 e. The number of thiophene rings is 1. The van der Waals surface area contributed by atoms with Crippen molar-refractivity contribution in [2.24, 2.45) is 0 Å². The molecule has 0 unspecified atom stereocenters. The number of carboxylic acids is 1. The lowest BCUT2D eigenvalue weighted by atomic mass is 10.0. The van der Waals surface area contributed by atoms with Crippen LogP contribution in [-0.4, -0.2) is 21.9 Å². The molecule has 1 heterocycles. The molecular formula is C15H14N2O5S. The number of nitro benzene ring substituents is 1. The van der Waals surface area contributed by atoms with Crippen LogP contribution >= 0.6 is 11.3 Å². The van der Waals surface area contributed by atoms with E-state index in [0.717, 1.165) is 0 Å². The highest BCUT2D eigenvalue weighted by molar-refractivity contribution is 7.10.